The monoisotopic (exact) mass is 614 g/mol. The molecule has 1 aliphatic rings. The van der Waals surface area contributed by atoms with Gasteiger partial charge in [0.05, 0.1) is 30.0 Å². The molecule has 3 aromatic heterocycles. The second-order valence-electron chi connectivity index (χ2n) is 11.7. The molecule has 0 atom stereocenters. The third-order valence-electron chi connectivity index (χ3n) is 8.03. The van der Waals surface area contributed by atoms with Crippen LogP contribution >= 0.6 is 0 Å². The highest BCUT2D eigenvalue weighted by atomic mass is 19.4. The highest BCUT2D eigenvalue weighted by Crippen LogP contribution is 2.33. The van der Waals surface area contributed by atoms with Crippen molar-refractivity contribution in [3.05, 3.63) is 107 Å². The first-order chi connectivity index (χ1) is 21.6. The molecule has 8 nitrogen and oxygen atoms in total. The number of alkyl halides is 3. The molecule has 1 saturated heterocycles. The molecular weight excluding hydrogens is 581 g/mol. The fourth-order valence-electron chi connectivity index (χ4n) is 5.54. The van der Waals surface area contributed by atoms with Crippen LogP contribution in [0.15, 0.2) is 83.9 Å². The zero-order valence-electron chi connectivity index (χ0n) is 25.0. The number of hydrogen-bond donors (Lipinski definition) is 0. The van der Waals surface area contributed by atoms with E-state index in [4.69, 9.17) is 9.72 Å². The molecule has 0 radical (unpaired) electrons. The summed E-state index contributed by atoms with van der Waals surface area (Å²) in [5.41, 5.74) is 3.88. The Balaban J connectivity index is 1.28. The second-order valence-corrected chi connectivity index (χ2v) is 11.7. The summed E-state index contributed by atoms with van der Waals surface area (Å²) in [5, 5.41) is 9.46. The number of rotatable bonds is 8. The molecule has 0 aliphatic carbocycles. The molecule has 0 saturated carbocycles. The van der Waals surface area contributed by atoms with Crippen molar-refractivity contribution in [2.24, 2.45) is 0 Å². The van der Waals surface area contributed by atoms with Crippen LogP contribution in [0.25, 0.3) is 22.2 Å². The molecule has 2 aromatic carbocycles. The van der Waals surface area contributed by atoms with Crippen LogP contribution in [-0.4, -0.2) is 55.4 Å². The first-order valence-electron chi connectivity index (χ1n) is 15.0. The molecule has 11 heteroatoms. The van der Waals surface area contributed by atoms with Crippen molar-refractivity contribution in [3.63, 3.8) is 0 Å². The molecule has 45 heavy (non-hydrogen) atoms. The summed E-state index contributed by atoms with van der Waals surface area (Å²) < 4.78 is 46.6. The van der Waals surface area contributed by atoms with Crippen molar-refractivity contribution in [3.8, 4) is 22.8 Å². The van der Waals surface area contributed by atoms with E-state index in [1.807, 2.05) is 48.5 Å². The van der Waals surface area contributed by atoms with Gasteiger partial charge in [-0.15, -0.1) is 0 Å². The number of likely N-dealkylation sites (tertiary alicyclic amines) is 1. The Hall–Kier alpha value is -4.64. The SMILES string of the molecule is CC(C)c1ccc(-c2ccc(Oc3cc4nc(C5CCN(CC(F)(F)F)CC5)ncc4cc3Cn3ccccc3=O)cc2)nn1. The summed E-state index contributed by atoms with van der Waals surface area (Å²) >= 11 is 0. The normalized spacial score (nSPS) is 14.7. The lowest BCUT2D eigenvalue weighted by molar-refractivity contribution is -0.148. The first-order valence-corrected chi connectivity index (χ1v) is 15.0. The van der Waals surface area contributed by atoms with Gasteiger partial charge in [0.15, 0.2) is 0 Å². The number of ether oxygens (including phenoxy) is 1. The zero-order valence-corrected chi connectivity index (χ0v) is 25.0. The predicted molar refractivity (Wildman–Crippen MR) is 165 cm³/mol. The lowest BCUT2D eigenvalue weighted by Gasteiger charge is -2.31. The minimum Gasteiger partial charge on any atom is -0.457 e. The molecule has 1 fully saturated rings. The average molecular weight is 615 g/mol. The van der Waals surface area contributed by atoms with Crippen LogP contribution in [0.2, 0.25) is 0 Å². The first kappa shape index (κ1) is 30.4. The number of fused-ring (bicyclic) bond motifs is 1. The zero-order chi connectivity index (χ0) is 31.6. The molecule has 1 aliphatic heterocycles. The third-order valence-corrected chi connectivity index (χ3v) is 8.03. The molecule has 0 unspecified atom stereocenters. The maximum Gasteiger partial charge on any atom is 0.401 e. The average Bonchev–Trinajstić information content (AvgIpc) is 3.02. The summed E-state index contributed by atoms with van der Waals surface area (Å²) in [6.07, 6.45) is 0.356. The van der Waals surface area contributed by atoms with Gasteiger partial charge in [0.1, 0.15) is 17.3 Å². The van der Waals surface area contributed by atoms with E-state index in [1.54, 1.807) is 29.1 Å². The molecule has 5 aromatic rings. The van der Waals surface area contributed by atoms with Gasteiger partial charge in [0.2, 0.25) is 0 Å². The van der Waals surface area contributed by atoms with Gasteiger partial charge in [-0.1, -0.05) is 19.9 Å². The Kier molecular flexibility index (Phi) is 8.62. The van der Waals surface area contributed by atoms with Crippen molar-refractivity contribution < 1.29 is 17.9 Å². The Morgan fingerprint density at radius 3 is 2.42 bits per heavy atom. The minimum absolute atomic E-state index is 0.0314. The molecule has 0 bridgehead atoms. The van der Waals surface area contributed by atoms with E-state index in [0.717, 1.165) is 27.9 Å². The van der Waals surface area contributed by atoms with E-state index >= 15 is 0 Å². The molecule has 0 N–H and O–H groups in total. The number of benzene rings is 2. The van der Waals surface area contributed by atoms with Gasteiger partial charge in [0.25, 0.3) is 5.56 Å². The number of halogens is 3. The van der Waals surface area contributed by atoms with Gasteiger partial charge in [-0.05, 0) is 80.4 Å². The van der Waals surface area contributed by atoms with Gasteiger partial charge >= 0.3 is 6.18 Å². The Labute approximate surface area is 258 Å². The number of piperidine rings is 1. The molecular formula is C34H33F3N6O2. The van der Waals surface area contributed by atoms with Crippen LogP contribution in [0.4, 0.5) is 13.2 Å². The quantitative estimate of drug-likeness (QED) is 0.187. The van der Waals surface area contributed by atoms with Crippen LogP contribution in [0.1, 0.15) is 55.6 Å². The fraction of sp³-hybridized carbons (Fsp3) is 0.324. The van der Waals surface area contributed by atoms with E-state index < -0.39 is 12.7 Å². The maximum atomic E-state index is 12.9. The van der Waals surface area contributed by atoms with E-state index in [1.165, 1.54) is 11.0 Å². The molecule has 232 valence electrons. The smallest absolute Gasteiger partial charge is 0.401 e. The van der Waals surface area contributed by atoms with Crippen LogP contribution in [0, 0.1) is 0 Å². The van der Waals surface area contributed by atoms with Crippen molar-refractivity contribution in [1.82, 2.24) is 29.6 Å². The van der Waals surface area contributed by atoms with Crippen molar-refractivity contribution in [2.45, 2.75) is 51.2 Å². The third kappa shape index (κ3) is 7.37. The van der Waals surface area contributed by atoms with E-state index in [2.05, 4.69) is 29.0 Å². The van der Waals surface area contributed by atoms with Crippen molar-refractivity contribution in [1.29, 1.82) is 0 Å². The highest BCUT2D eigenvalue weighted by molar-refractivity contribution is 5.81. The molecule has 0 spiro atoms. The summed E-state index contributed by atoms with van der Waals surface area (Å²) in [6, 6.07) is 20.2. The largest absolute Gasteiger partial charge is 0.457 e. The number of aromatic nitrogens is 5. The van der Waals surface area contributed by atoms with Gasteiger partial charge in [-0.25, -0.2) is 9.97 Å². The Bertz CT molecular complexity index is 1830. The summed E-state index contributed by atoms with van der Waals surface area (Å²) in [4.78, 5) is 23.4. The lowest BCUT2D eigenvalue weighted by atomic mass is 9.95. The summed E-state index contributed by atoms with van der Waals surface area (Å²) in [6.45, 7) is 4.21. The van der Waals surface area contributed by atoms with E-state index in [9.17, 15) is 18.0 Å². The summed E-state index contributed by atoms with van der Waals surface area (Å²) in [5.74, 6) is 2.01. The fourth-order valence-corrected chi connectivity index (χ4v) is 5.54. The van der Waals surface area contributed by atoms with Crippen LogP contribution in [-0.2, 0) is 6.54 Å². The molecule has 4 heterocycles. The number of hydrogen-bond acceptors (Lipinski definition) is 7. The number of nitrogens with zero attached hydrogens (tertiary/aromatic N) is 6. The van der Waals surface area contributed by atoms with E-state index in [-0.39, 0.29) is 18.0 Å². The lowest BCUT2D eigenvalue weighted by Crippen LogP contribution is -2.39. The standard InChI is InChI=1S/C34H33F3N6O2/c1-22(2)28-10-11-29(41-40-28)23-6-8-27(9-7-23)45-31-18-30-25(17-26(31)20-43-14-4-3-5-32(43)44)19-38-33(39-30)24-12-15-42(16-13-24)21-34(35,36)37/h3-11,14,17-19,22,24H,12-13,15-16,20-21H2,1-2H3. The summed E-state index contributed by atoms with van der Waals surface area (Å²) in [7, 11) is 0. The maximum absolute atomic E-state index is 12.9. The van der Waals surface area contributed by atoms with Gasteiger partial charge < -0.3 is 9.30 Å². The van der Waals surface area contributed by atoms with Crippen molar-refractivity contribution >= 4 is 10.9 Å². The van der Waals surface area contributed by atoms with Crippen molar-refractivity contribution in [2.75, 3.05) is 19.6 Å². The Morgan fingerprint density at radius 2 is 1.76 bits per heavy atom. The molecule has 0 amide bonds. The topological polar surface area (TPSA) is 86.0 Å². The Morgan fingerprint density at radius 1 is 0.978 bits per heavy atom. The number of pyridine rings is 1. The van der Waals surface area contributed by atoms with Crippen LogP contribution in [0.5, 0.6) is 11.5 Å². The van der Waals surface area contributed by atoms with Gasteiger partial charge in [-0.3, -0.25) is 9.69 Å². The van der Waals surface area contributed by atoms with Crippen LogP contribution in [0.3, 0.4) is 0 Å². The highest BCUT2D eigenvalue weighted by Gasteiger charge is 2.33. The van der Waals surface area contributed by atoms with E-state index in [0.29, 0.717) is 54.7 Å². The minimum atomic E-state index is -4.21. The van der Waals surface area contributed by atoms with Gasteiger partial charge in [0, 0.05) is 47.0 Å². The molecule has 6 rings (SSSR count). The predicted octanol–water partition coefficient (Wildman–Crippen LogP) is 6.95. The van der Waals surface area contributed by atoms with Crippen LogP contribution < -0.4 is 10.3 Å². The second kappa shape index (κ2) is 12.8. The van der Waals surface area contributed by atoms with Gasteiger partial charge in [-0.2, -0.15) is 23.4 Å².